The zero-order valence-corrected chi connectivity index (χ0v) is 15.6. The summed E-state index contributed by atoms with van der Waals surface area (Å²) in [4.78, 5) is 37.2. The Labute approximate surface area is 160 Å². The number of nitrogens with zero attached hydrogens (tertiary/aromatic N) is 1. The molecule has 0 saturated carbocycles. The van der Waals surface area contributed by atoms with Gasteiger partial charge in [0.15, 0.2) is 6.61 Å². The zero-order chi connectivity index (χ0) is 19.6. The molecule has 0 radical (unpaired) electrons. The minimum atomic E-state index is -1.06. The van der Waals surface area contributed by atoms with E-state index in [9.17, 15) is 14.4 Å². The Morgan fingerprint density at radius 1 is 1.15 bits per heavy atom. The van der Waals surface area contributed by atoms with Crippen molar-refractivity contribution in [2.24, 2.45) is 0 Å². The number of ether oxygens (including phenoxy) is 1. The molecule has 3 rings (SSSR count). The number of carboxylic acid groups (broad SMARTS) is 1. The molecule has 1 fully saturated rings. The Kier molecular flexibility index (Phi) is 5.32. The van der Waals surface area contributed by atoms with Crippen molar-refractivity contribution in [3.8, 4) is 5.75 Å². The monoisotopic (exact) mass is 383 g/mol. The predicted octanol–water partition coefficient (Wildman–Crippen LogP) is 4.01. The molecule has 1 N–H and O–H groups in total. The van der Waals surface area contributed by atoms with Crippen molar-refractivity contribution >= 4 is 40.6 Å². The number of carboxylic acids is 1. The molecule has 1 aliphatic heterocycles. The predicted molar refractivity (Wildman–Crippen MR) is 104 cm³/mol. The number of hydrogen-bond acceptors (Lipinski definition) is 5. The fraction of sp³-hybridized carbons (Fsp3) is 0.150. The van der Waals surface area contributed by atoms with Gasteiger partial charge in [0.25, 0.3) is 11.1 Å². The topological polar surface area (TPSA) is 83.9 Å². The zero-order valence-electron chi connectivity index (χ0n) is 14.8. The summed E-state index contributed by atoms with van der Waals surface area (Å²) < 4.78 is 5.08. The summed E-state index contributed by atoms with van der Waals surface area (Å²) in [7, 11) is 0. The lowest BCUT2D eigenvalue weighted by molar-refractivity contribution is -0.139. The van der Waals surface area contributed by atoms with Crippen LogP contribution in [0, 0.1) is 13.8 Å². The highest BCUT2D eigenvalue weighted by molar-refractivity contribution is 8.19. The van der Waals surface area contributed by atoms with Crippen LogP contribution in [-0.4, -0.2) is 28.8 Å². The Bertz CT molecular complexity index is 949. The van der Waals surface area contributed by atoms with Crippen LogP contribution >= 0.6 is 11.8 Å². The Hall–Kier alpha value is -3.06. The second-order valence-electron chi connectivity index (χ2n) is 6.06. The number of carbonyl (C=O) groups is 3. The van der Waals surface area contributed by atoms with Gasteiger partial charge in [-0.25, -0.2) is 9.69 Å². The molecule has 0 aliphatic carbocycles. The van der Waals surface area contributed by atoms with Crippen molar-refractivity contribution in [1.29, 1.82) is 0 Å². The van der Waals surface area contributed by atoms with Crippen LogP contribution in [0.2, 0.25) is 0 Å². The number of imide groups is 1. The summed E-state index contributed by atoms with van der Waals surface area (Å²) in [6, 6.07) is 12.3. The van der Waals surface area contributed by atoms with Crippen molar-refractivity contribution in [1.82, 2.24) is 0 Å². The third-order valence-electron chi connectivity index (χ3n) is 3.94. The fourth-order valence-electron chi connectivity index (χ4n) is 2.59. The van der Waals surface area contributed by atoms with Gasteiger partial charge < -0.3 is 9.84 Å². The van der Waals surface area contributed by atoms with Gasteiger partial charge in [-0.05, 0) is 66.6 Å². The lowest BCUT2D eigenvalue weighted by atomic mass is 10.1. The molecule has 6 nitrogen and oxygen atoms in total. The fourth-order valence-corrected chi connectivity index (χ4v) is 3.43. The van der Waals surface area contributed by atoms with E-state index in [2.05, 4.69) is 0 Å². The third-order valence-corrected chi connectivity index (χ3v) is 4.81. The lowest BCUT2D eigenvalue weighted by Crippen LogP contribution is -2.28. The van der Waals surface area contributed by atoms with Gasteiger partial charge in [0, 0.05) is 0 Å². The first-order chi connectivity index (χ1) is 12.8. The van der Waals surface area contributed by atoms with Gasteiger partial charge in [-0.3, -0.25) is 9.59 Å². The maximum absolute atomic E-state index is 12.8. The first-order valence-electron chi connectivity index (χ1n) is 8.15. The minimum absolute atomic E-state index is 0.332. The van der Waals surface area contributed by atoms with Gasteiger partial charge in [0.05, 0.1) is 10.6 Å². The number of aryl methyl sites for hydroxylation is 2. The highest BCUT2D eigenvalue weighted by Gasteiger charge is 2.37. The van der Waals surface area contributed by atoms with Crippen molar-refractivity contribution in [2.75, 3.05) is 11.5 Å². The van der Waals surface area contributed by atoms with Gasteiger partial charge in [-0.15, -0.1) is 0 Å². The van der Waals surface area contributed by atoms with E-state index in [-0.39, 0.29) is 11.1 Å². The second kappa shape index (κ2) is 7.67. The Balaban J connectivity index is 1.82. The molecule has 0 bridgehead atoms. The number of benzene rings is 2. The van der Waals surface area contributed by atoms with E-state index < -0.39 is 12.6 Å². The summed E-state index contributed by atoms with van der Waals surface area (Å²) in [6.07, 6.45) is 1.64. The van der Waals surface area contributed by atoms with Crippen molar-refractivity contribution in [3.63, 3.8) is 0 Å². The van der Waals surface area contributed by atoms with Crippen LogP contribution in [0.1, 0.15) is 16.7 Å². The van der Waals surface area contributed by atoms with Crippen molar-refractivity contribution < 1.29 is 24.2 Å². The maximum atomic E-state index is 12.8. The minimum Gasteiger partial charge on any atom is -0.482 e. The SMILES string of the molecule is Cc1ccc(C)c(N2C(=O)S/C(=C/c3ccc(OCC(=O)O)cc3)C2=O)c1. The molecule has 1 aliphatic rings. The van der Waals surface area contributed by atoms with Crippen LogP contribution in [0.4, 0.5) is 10.5 Å². The smallest absolute Gasteiger partial charge is 0.341 e. The molecule has 0 atom stereocenters. The van der Waals surface area contributed by atoms with Crippen LogP contribution in [0.5, 0.6) is 5.75 Å². The molecule has 2 aromatic carbocycles. The van der Waals surface area contributed by atoms with E-state index in [1.807, 2.05) is 32.0 Å². The number of carbonyl (C=O) groups excluding carboxylic acids is 2. The molecule has 7 heteroatoms. The normalized spacial score (nSPS) is 15.5. The highest BCUT2D eigenvalue weighted by Crippen LogP contribution is 2.37. The highest BCUT2D eigenvalue weighted by atomic mass is 32.2. The second-order valence-corrected chi connectivity index (χ2v) is 7.05. The summed E-state index contributed by atoms with van der Waals surface area (Å²) >= 11 is 0.894. The summed E-state index contributed by atoms with van der Waals surface area (Å²) in [6.45, 7) is 3.34. The molecule has 27 heavy (non-hydrogen) atoms. The van der Waals surface area contributed by atoms with Crippen LogP contribution in [0.15, 0.2) is 47.4 Å². The average Bonchev–Trinajstić information content (AvgIpc) is 2.90. The van der Waals surface area contributed by atoms with Gasteiger partial charge in [-0.2, -0.15) is 0 Å². The van der Waals surface area contributed by atoms with Gasteiger partial charge >= 0.3 is 5.97 Å². The van der Waals surface area contributed by atoms with E-state index >= 15 is 0 Å². The number of anilines is 1. The van der Waals surface area contributed by atoms with Crippen LogP contribution in [0.3, 0.4) is 0 Å². The molecule has 138 valence electrons. The molecular formula is C20H17NO5S. The largest absolute Gasteiger partial charge is 0.482 e. The molecule has 1 saturated heterocycles. The molecular weight excluding hydrogens is 366 g/mol. The van der Waals surface area contributed by atoms with E-state index in [4.69, 9.17) is 9.84 Å². The van der Waals surface area contributed by atoms with Gasteiger partial charge in [0.2, 0.25) is 0 Å². The van der Waals surface area contributed by atoms with Crippen LogP contribution in [-0.2, 0) is 9.59 Å². The Morgan fingerprint density at radius 2 is 1.85 bits per heavy atom. The van der Waals surface area contributed by atoms with Crippen molar-refractivity contribution in [3.05, 3.63) is 64.1 Å². The van der Waals surface area contributed by atoms with E-state index in [0.717, 1.165) is 22.9 Å². The number of thioether (sulfide) groups is 1. The van der Waals surface area contributed by atoms with Gasteiger partial charge in [0.1, 0.15) is 5.75 Å². The maximum Gasteiger partial charge on any atom is 0.341 e. The van der Waals surface area contributed by atoms with Gasteiger partial charge in [-0.1, -0.05) is 24.3 Å². The summed E-state index contributed by atoms with van der Waals surface area (Å²) in [5.41, 5.74) is 3.13. The summed E-state index contributed by atoms with van der Waals surface area (Å²) in [5, 5.41) is 8.29. The molecule has 0 unspecified atom stereocenters. The van der Waals surface area contributed by atoms with Crippen molar-refractivity contribution in [2.45, 2.75) is 13.8 Å². The number of hydrogen-bond donors (Lipinski definition) is 1. The van der Waals surface area contributed by atoms with Crippen LogP contribution < -0.4 is 9.64 Å². The number of amides is 2. The quantitative estimate of drug-likeness (QED) is 0.786. The number of rotatable bonds is 5. The molecule has 1 heterocycles. The van der Waals surface area contributed by atoms with E-state index in [1.54, 1.807) is 30.3 Å². The molecule has 0 aromatic heterocycles. The molecule has 0 spiro atoms. The molecule has 2 amide bonds. The summed E-state index contributed by atoms with van der Waals surface area (Å²) in [5.74, 6) is -0.998. The first-order valence-corrected chi connectivity index (χ1v) is 8.96. The first kappa shape index (κ1) is 18.7. The third kappa shape index (κ3) is 4.20. The number of aliphatic carboxylic acids is 1. The molecule has 2 aromatic rings. The lowest BCUT2D eigenvalue weighted by Gasteiger charge is -2.16. The Morgan fingerprint density at radius 3 is 2.52 bits per heavy atom. The average molecular weight is 383 g/mol. The standard InChI is InChI=1S/C20H17NO5S/c1-12-3-4-13(2)16(9-12)21-19(24)17(27-20(21)25)10-14-5-7-15(8-6-14)26-11-18(22)23/h3-10H,11H2,1-2H3,(H,22,23)/b17-10+. The van der Waals surface area contributed by atoms with E-state index in [1.165, 1.54) is 4.90 Å². The van der Waals surface area contributed by atoms with E-state index in [0.29, 0.717) is 21.9 Å². The van der Waals surface area contributed by atoms with Crippen LogP contribution in [0.25, 0.3) is 6.08 Å².